The van der Waals surface area contributed by atoms with Gasteiger partial charge in [0.25, 0.3) is 0 Å². The number of halogens is 2. The average Bonchev–Trinajstić information content (AvgIpc) is 3.33. The number of sulfonamides is 1. The zero-order valence-corrected chi connectivity index (χ0v) is 22.5. The second-order valence-electron chi connectivity index (χ2n) is 9.46. The first-order valence-electron chi connectivity index (χ1n) is 12.2. The van der Waals surface area contributed by atoms with Gasteiger partial charge in [0.1, 0.15) is 0 Å². The molecule has 1 aliphatic rings. The van der Waals surface area contributed by atoms with Crippen LogP contribution in [0.25, 0.3) is 10.2 Å². The minimum absolute atomic E-state index is 0.0939. The Hall–Kier alpha value is -3.28. The summed E-state index contributed by atoms with van der Waals surface area (Å²) in [6, 6.07) is 10.4. The molecule has 7 nitrogen and oxygen atoms in total. The van der Waals surface area contributed by atoms with Gasteiger partial charge in [-0.3, -0.25) is 14.7 Å². The van der Waals surface area contributed by atoms with Crippen LogP contribution in [0.15, 0.2) is 59.8 Å². The van der Waals surface area contributed by atoms with Gasteiger partial charge in [-0.05, 0) is 73.7 Å². The maximum atomic E-state index is 13.9. The van der Waals surface area contributed by atoms with Gasteiger partial charge in [-0.15, -0.1) is 0 Å². The highest BCUT2D eigenvalue weighted by molar-refractivity contribution is 7.89. The molecule has 0 bridgehead atoms. The number of hydrogen-bond acceptors (Lipinski definition) is 6. The van der Waals surface area contributed by atoms with E-state index in [1.807, 2.05) is 26.0 Å². The molecule has 1 fully saturated rings. The highest BCUT2D eigenvalue weighted by Crippen LogP contribution is 2.35. The largest absolute Gasteiger partial charge is 0.283 e. The molecule has 1 saturated heterocycles. The zero-order valence-electron chi connectivity index (χ0n) is 20.9. The van der Waals surface area contributed by atoms with Crippen molar-refractivity contribution < 1.29 is 22.0 Å². The highest BCUT2D eigenvalue weighted by Gasteiger charge is 2.35. The van der Waals surface area contributed by atoms with E-state index in [4.69, 9.17) is 4.98 Å². The number of aromatic nitrogens is 2. The van der Waals surface area contributed by atoms with Crippen LogP contribution in [0.5, 0.6) is 0 Å². The number of hydrogen-bond donors (Lipinski definition) is 0. The Labute approximate surface area is 223 Å². The summed E-state index contributed by atoms with van der Waals surface area (Å²) >= 11 is 1.45. The molecule has 0 radical (unpaired) electrons. The first kappa shape index (κ1) is 26.3. The number of carbonyl (C=O) groups is 1. The normalized spacial score (nSPS) is 15.2. The van der Waals surface area contributed by atoms with Crippen molar-refractivity contribution in [2.24, 2.45) is 5.92 Å². The van der Waals surface area contributed by atoms with E-state index in [0.29, 0.717) is 24.0 Å². The maximum absolute atomic E-state index is 13.9. The van der Waals surface area contributed by atoms with E-state index in [0.717, 1.165) is 39.0 Å². The van der Waals surface area contributed by atoms with E-state index in [1.54, 1.807) is 17.3 Å². The lowest BCUT2D eigenvalue weighted by Gasteiger charge is -2.33. The van der Waals surface area contributed by atoms with Gasteiger partial charge in [0.05, 0.1) is 21.7 Å². The van der Waals surface area contributed by atoms with Crippen LogP contribution in [0.4, 0.5) is 13.9 Å². The van der Waals surface area contributed by atoms with Crippen molar-refractivity contribution >= 4 is 42.6 Å². The van der Waals surface area contributed by atoms with Crippen LogP contribution in [-0.4, -0.2) is 41.7 Å². The molecular weight excluding hydrogens is 530 g/mol. The summed E-state index contributed by atoms with van der Waals surface area (Å²) in [7, 11) is -4.01. The molecule has 3 heterocycles. The molecular formula is C27H26F2N4O3S2. The van der Waals surface area contributed by atoms with Crippen LogP contribution in [-0.2, 0) is 21.4 Å². The van der Waals surface area contributed by atoms with Gasteiger partial charge in [-0.1, -0.05) is 23.5 Å². The van der Waals surface area contributed by atoms with Gasteiger partial charge in [0, 0.05) is 31.4 Å². The van der Waals surface area contributed by atoms with Gasteiger partial charge in [0.15, 0.2) is 16.8 Å². The van der Waals surface area contributed by atoms with Gasteiger partial charge in [-0.25, -0.2) is 22.2 Å². The van der Waals surface area contributed by atoms with Crippen LogP contribution in [0, 0.1) is 31.4 Å². The summed E-state index contributed by atoms with van der Waals surface area (Å²) in [5.74, 6) is -2.88. The molecule has 38 heavy (non-hydrogen) atoms. The molecule has 1 aliphatic heterocycles. The van der Waals surface area contributed by atoms with Crippen LogP contribution < -0.4 is 4.90 Å². The lowest BCUT2D eigenvalue weighted by atomic mass is 9.96. The van der Waals surface area contributed by atoms with Gasteiger partial charge in [-0.2, -0.15) is 4.31 Å². The lowest BCUT2D eigenvalue weighted by Crippen LogP contribution is -2.44. The summed E-state index contributed by atoms with van der Waals surface area (Å²) in [6.45, 7) is 4.49. The molecule has 1 amide bonds. The number of fused-ring (bicyclic) bond motifs is 1. The Balaban J connectivity index is 1.39. The van der Waals surface area contributed by atoms with Crippen LogP contribution in [0.1, 0.15) is 29.5 Å². The Morgan fingerprint density at radius 3 is 2.55 bits per heavy atom. The van der Waals surface area contributed by atoms with Crippen molar-refractivity contribution in [3.8, 4) is 0 Å². The van der Waals surface area contributed by atoms with Crippen molar-refractivity contribution in [1.82, 2.24) is 14.3 Å². The third-order valence-corrected chi connectivity index (χ3v) is 9.63. The Morgan fingerprint density at radius 1 is 1.11 bits per heavy atom. The average molecular weight is 557 g/mol. The summed E-state index contributed by atoms with van der Waals surface area (Å²) in [4.78, 5) is 24.2. The molecule has 198 valence electrons. The number of rotatable bonds is 6. The lowest BCUT2D eigenvalue weighted by molar-refractivity contribution is -0.123. The van der Waals surface area contributed by atoms with E-state index in [1.165, 1.54) is 15.6 Å². The van der Waals surface area contributed by atoms with Crippen LogP contribution >= 0.6 is 11.3 Å². The number of amides is 1. The number of nitrogens with zero attached hydrogens (tertiary/aromatic N) is 4. The molecule has 0 saturated carbocycles. The molecule has 0 atom stereocenters. The van der Waals surface area contributed by atoms with Gasteiger partial charge < -0.3 is 0 Å². The van der Waals surface area contributed by atoms with Crippen LogP contribution in [0.3, 0.4) is 0 Å². The predicted molar refractivity (Wildman–Crippen MR) is 142 cm³/mol. The van der Waals surface area contributed by atoms with Crippen molar-refractivity contribution in [2.75, 3.05) is 18.0 Å². The quantitative estimate of drug-likeness (QED) is 0.325. The molecule has 0 aliphatic carbocycles. The number of piperidine rings is 1. The van der Waals surface area contributed by atoms with Gasteiger partial charge in [0.2, 0.25) is 15.9 Å². The minimum atomic E-state index is -4.01. The Kier molecular flexibility index (Phi) is 7.26. The fraction of sp³-hybridized carbons (Fsp3) is 0.296. The zero-order chi connectivity index (χ0) is 27.0. The molecule has 5 rings (SSSR count). The Morgan fingerprint density at radius 2 is 1.87 bits per heavy atom. The molecule has 2 aromatic carbocycles. The molecule has 0 spiro atoms. The second kappa shape index (κ2) is 10.5. The van der Waals surface area contributed by atoms with Crippen molar-refractivity contribution in [3.63, 3.8) is 0 Å². The smallest absolute Gasteiger partial charge is 0.243 e. The number of benzene rings is 2. The van der Waals surface area contributed by atoms with Crippen molar-refractivity contribution in [1.29, 1.82) is 0 Å². The summed E-state index contributed by atoms with van der Waals surface area (Å²) in [6.07, 6.45) is 3.98. The second-order valence-corrected chi connectivity index (χ2v) is 12.4. The molecule has 0 N–H and O–H groups in total. The third-order valence-electron chi connectivity index (χ3n) is 6.71. The fourth-order valence-electron chi connectivity index (χ4n) is 4.74. The summed E-state index contributed by atoms with van der Waals surface area (Å²) in [5.41, 5.74) is 3.86. The third kappa shape index (κ3) is 5.18. The monoisotopic (exact) mass is 556 g/mol. The topological polar surface area (TPSA) is 83.5 Å². The maximum Gasteiger partial charge on any atom is 0.243 e. The Bertz CT molecular complexity index is 1600. The summed E-state index contributed by atoms with van der Waals surface area (Å²) < 4.78 is 55.2. The standard InChI is InChI=1S/C27H26F2N4O3S2/c1-17-12-18(2)25-24(13-17)37-27(31-25)33(16-19-4-3-9-30-15-19)26(34)20-7-10-32(11-8-20)38(35,36)21-5-6-22(28)23(29)14-21/h3-6,9,12-15,20H,7-8,10-11,16H2,1-2H3. The van der Waals surface area contributed by atoms with E-state index < -0.39 is 27.6 Å². The van der Waals surface area contributed by atoms with E-state index in [9.17, 15) is 22.0 Å². The van der Waals surface area contributed by atoms with E-state index >= 15 is 0 Å². The number of thiazole rings is 1. The molecule has 0 unspecified atom stereocenters. The fourth-order valence-corrected chi connectivity index (χ4v) is 7.37. The number of aryl methyl sites for hydroxylation is 2. The van der Waals surface area contributed by atoms with Crippen LogP contribution in [0.2, 0.25) is 0 Å². The van der Waals surface area contributed by atoms with E-state index in [-0.39, 0.29) is 30.4 Å². The SMILES string of the molecule is Cc1cc(C)c2nc(N(Cc3cccnc3)C(=O)C3CCN(S(=O)(=O)c4ccc(F)c(F)c4)CC3)sc2c1. The number of anilines is 1. The molecule has 11 heteroatoms. The first-order valence-corrected chi connectivity index (χ1v) is 14.4. The van der Waals surface area contributed by atoms with Crippen molar-refractivity contribution in [2.45, 2.75) is 38.1 Å². The highest BCUT2D eigenvalue weighted by atomic mass is 32.2. The summed E-state index contributed by atoms with van der Waals surface area (Å²) in [5, 5.41) is 0.583. The van der Waals surface area contributed by atoms with E-state index in [2.05, 4.69) is 17.1 Å². The van der Waals surface area contributed by atoms with Crippen molar-refractivity contribution in [3.05, 3.63) is 83.2 Å². The number of carbonyl (C=O) groups excluding carboxylic acids is 1. The van der Waals surface area contributed by atoms with Gasteiger partial charge >= 0.3 is 0 Å². The molecule has 4 aromatic rings. The molecule has 2 aromatic heterocycles. The predicted octanol–water partition coefficient (Wildman–Crippen LogP) is 5.22. The first-order chi connectivity index (χ1) is 18.1. The minimum Gasteiger partial charge on any atom is -0.283 e. The number of pyridine rings is 1.